The predicted octanol–water partition coefficient (Wildman–Crippen LogP) is 0.999. The van der Waals surface area contributed by atoms with Crippen LogP contribution in [-0.4, -0.2) is 23.3 Å². The molecule has 1 aromatic rings. The monoisotopic (exact) mass is 265 g/mol. The molecule has 2 amide bonds. The van der Waals surface area contributed by atoms with E-state index in [1.54, 1.807) is 5.43 Å². The molecule has 1 rings (SSSR count). The van der Waals surface area contributed by atoms with Gasteiger partial charge in [-0.1, -0.05) is 0 Å². The fourth-order valence-corrected chi connectivity index (χ4v) is 1.00. The number of nitrogens with zero attached hydrogens (tertiary/aromatic N) is 1. The molecule has 0 atom stereocenters. The molecule has 10 heteroatoms. The standard InChI is InChI=1S/C8H6F3N3O4/c9-8(10,11)5-4(6(15)16)1-3(18-5)2-13-14-7(12)17/h1-2H,(H,15,16)(H3,12,14,17)/b13-2+. The number of nitrogens with two attached hydrogens (primary N) is 1. The van der Waals surface area contributed by atoms with E-state index in [2.05, 4.69) is 15.3 Å². The Balaban J connectivity index is 3.07. The maximum absolute atomic E-state index is 12.4. The lowest BCUT2D eigenvalue weighted by Gasteiger charge is -2.02. The minimum Gasteiger partial charge on any atom is -0.478 e. The van der Waals surface area contributed by atoms with Crippen LogP contribution in [-0.2, 0) is 6.18 Å². The number of amides is 2. The number of nitrogens with one attached hydrogen (secondary N) is 1. The minimum atomic E-state index is -4.95. The van der Waals surface area contributed by atoms with Crippen LogP contribution in [0.25, 0.3) is 0 Å². The molecule has 4 N–H and O–H groups in total. The van der Waals surface area contributed by atoms with Gasteiger partial charge in [-0.25, -0.2) is 15.0 Å². The van der Waals surface area contributed by atoms with Gasteiger partial charge in [0, 0.05) is 6.07 Å². The fourth-order valence-electron chi connectivity index (χ4n) is 1.00. The first kappa shape index (κ1) is 13.5. The van der Waals surface area contributed by atoms with Gasteiger partial charge in [-0.15, -0.1) is 0 Å². The van der Waals surface area contributed by atoms with Gasteiger partial charge < -0.3 is 15.3 Å². The number of primary amides is 1. The summed E-state index contributed by atoms with van der Waals surface area (Å²) in [6, 6.07) is -0.413. The number of carbonyl (C=O) groups is 2. The van der Waals surface area contributed by atoms with Crippen LogP contribution in [0.2, 0.25) is 0 Å². The van der Waals surface area contributed by atoms with Gasteiger partial charge in [0.1, 0.15) is 11.3 Å². The van der Waals surface area contributed by atoms with Crippen molar-refractivity contribution in [3.8, 4) is 0 Å². The van der Waals surface area contributed by atoms with Crippen molar-refractivity contribution in [3.05, 3.63) is 23.2 Å². The highest BCUT2D eigenvalue weighted by Gasteiger charge is 2.40. The average Bonchev–Trinajstić information content (AvgIpc) is 2.60. The first-order valence-electron chi connectivity index (χ1n) is 4.24. The number of hydrogen-bond acceptors (Lipinski definition) is 4. The molecule has 1 heterocycles. The van der Waals surface area contributed by atoms with Gasteiger partial charge in [0.2, 0.25) is 5.76 Å². The molecule has 0 unspecified atom stereocenters. The fraction of sp³-hybridized carbons (Fsp3) is 0.125. The third kappa shape index (κ3) is 3.23. The number of rotatable bonds is 3. The zero-order valence-corrected chi connectivity index (χ0v) is 8.49. The molecule has 0 aliphatic carbocycles. The Labute approximate surface area is 97.1 Å². The number of halogens is 3. The van der Waals surface area contributed by atoms with Gasteiger partial charge in [-0.05, 0) is 0 Å². The summed E-state index contributed by atoms with van der Waals surface area (Å²) in [4.78, 5) is 20.8. The summed E-state index contributed by atoms with van der Waals surface area (Å²) in [6.07, 6.45) is -4.26. The zero-order chi connectivity index (χ0) is 13.9. The zero-order valence-electron chi connectivity index (χ0n) is 8.49. The molecule has 0 bridgehead atoms. The van der Waals surface area contributed by atoms with E-state index in [1.807, 2.05) is 0 Å². The Morgan fingerprint density at radius 3 is 2.50 bits per heavy atom. The summed E-state index contributed by atoms with van der Waals surface area (Å²) in [5, 5.41) is 11.7. The van der Waals surface area contributed by atoms with Crippen molar-refractivity contribution in [2.75, 3.05) is 0 Å². The van der Waals surface area contributed by atoms with E-state index in [0.29, 0.717) is 12.3 Å². The molecule has 1 aromatic heterocycles. The predicted molar refractivity (Wildman–Crippen MR) is 51.0 cm³/mol. The van der Waals surface area contributed by atoms with Crippen LogP contribution in [0.4, 0.5) is 18.0 Å². The minimum absolute atomic E-state index is 0.492. The summed E-state index contributed by atoms with van der Waals surface area (Å²) < 4.78 is 41.4. The van der Waals surface area contributed by atoms with E-state index < -0.39 is 35.3 Å². The lowest BCUT2D eigenvalue weighted by Crippen LogP contribution is -2.24. The molecule has 98 valence electrons. The van der Waals surface area contributed by atoms with Gasteiger partial charge in [-0.2, -0.15) is 18.3 Å². The highest BCUT2D eigenvalue weighted by atomic mass is 19.4. The van der Waals surface area contributed by atoms with Gasteiger partial charge in [0.25, 0.3) is 0 Å². The Bertz CT molecular complexity index is 506. The lowest BCUT2D eigenvalue weighted by molar-refractivity contribution is -0.153. The number of hydrogen-bond donors (Lipinski definition) is 3. The summed E-state index contributed by atoms with van der Waals surface area (Å²) in [6.45, 7) is 0. The number of carboxylic acid groups (broad SMARTS) is 1. The second kappa shape index (κ2) is 4.77. The SMILES string of the molecule is NC(=O)N/N=C/c1cc(C(=O)O)c(C(F)(F)F)o1. The number of furan rings is 1. The number of aromatic carboxylic acids is 1. The number of carbonyl (C=O) groups excluding carboxylic acids is 1. The Kier molecular flexibility index (Phi) is 3.59. The van der Waals surface area contributed by atoms with Gasteiger partial charge in [0.05, 0.1) is 6.21 Å². The van der Waals surface area contributed by atoms with E-state index in [4.69, 9.17) is 5.11 Å². The first-order chi connectivity index (χ1) is 8.21. The van der Waals surface area contributed by atoms with Gasteiger partial charge in [-0.3, -0.25) is 0 Å². The Morgan fingerprint density at radius 2 is 2.11 bits per heavy atom. The van der Waals surface area contributed by atoms with E-state index in [0.717, 1.165) is 0 Å². The Morgan fingerprint density at radius 1 is 1.50 bits per heavy atom. The molecular weight excluding hydrogens is 259 g/mol. The third-order valence-electron chi connectivity index (χ3n) is 1.61. The molecule has 0 saturated carbocycles. The summed E-state index contributed by atoms with van der Waals surface area (Å²) in [5.41, 5.74) is 5.30. The molecular formula is C8H6F3N3O4. The highest BCUT2D eigenvalue weighted by molar-refractivity contribution is 5.91. The van der Waals surface area contributed by atoms with E-state index in [-0.39, 0.29) is 0 Å². The van der Waals surface area contributed by atoms with Gasteiger partial charge >= 0.3 is 18.2 Å². The maximum Gasteiger partial charge on any atom is 0.450 e. The van der Waals surface area contributed by atoms with Crippen molar-refractivity contribution < 1.29 is 32.3 Å². The second-order valence-electron chi connectivity index (χ2n) is 2.93. The van der Waals surface area contributed by atoms with Crippen LogP contribution >= 0.6 is 0 Å². The Hall–Kier alpha value is -2.52. The van der Waals surface area contributed by atoms with Crippen LogP contribution in [0.3, 0.4) is 0 Å². The second-order valence-corrected chi connectivity index (χ2v) is 2.93. The third-order valence-corrected chi connectivity index (χ3v) is 1.61. The first-order valence-corrected chi connectivity index (χ1v) is 4.24. The normalized spacial score (nSPS) is 11.7. The molecule has 0 spiro atoms. The number of hydrazone groups is 1. The molecule has 18 heavy (non-hydrogen) atoms. The quantitative estimate of drug-likeness (QED) is 0.558. The van der Waals surface area contributed by atoms with Crippen LogP contribution in [0, 0.1) is 0 Å². The van der Waals surface area contributed by atoms with Crippen molar-refractivity contribution in [2.24, 2.45) is 10.8 Å². The molecule has 0 aromatic carbocycles. The molecule has 0 saturated heterocycles. The molecule has 0 aliphatic rings. The number of carboxylic acids is 1. The van der Waals surface area contributed by atoms with Crippen LogP contribution in [0.15, 0.2) is 15.6 Å². The lowest BCUT2D eigenvalue weighted by atomic mass is 10.2. The molecule has 7 nitrogen and oxygen atoms in total. The molecule has 0 aliphatic heterocycles. The highest BCUT2D eigenvalue weighted by Crippen LogP contribution is 2.33. The largest absolute Gasteiger partial charge is 0.478 e. The summed E-state index contributed by atoms with van der Waals surface area (Å²) >= 11 is 0. The van der Waals surface area contributed by atoms with Crippen molar-refractivity contribution in [2.45, 2.75) is 6.18 Å². The smallest absolute Gasteiger partial charge is 0.450 e. The van der Waals surface area contributed by atoms with Crippen molar-refractivity contribution >= 4 is 18.2 Å². The average molecular weight is 265 g/mol. The van der Waals surface area contributed by atoms with E-state index in [9.17, 15) is 22.8 Å². The van der Waals surface area contributed by atoms with Crippen molar-refractivity contribution in [1.29, 1.82) is 0 Å². The van der Waals surface area contributed by atoms with Crippen molar-refractivity contribution in [1.82, 2.24) is 5.43 Å². The maximum atomic E-state index is 12.4. The van der Waals surface area contributed by atoms with Gasteiger partial charge in [0.15, 0.2) is 0 Å². The van der Waals surface area contributed by atoms with E-state index >= 15 is 0 Å². The number of alkyl halides is 3. The van der Waals surface area contributed by atoms with E-state index in [1.165, 1.54) is 0 Å². The van der Waals surface area contributed by atoms with Crippen LogP contribution in [0.5, 0.6) is 0 Å². The van der Waals surface area contributed by atoms with Crippen LogP contribution < -0.4 is 11.2 Å². The molecule has 0 radical (unpaired) electrons. The summed E-state index contributed by atoms with van der Waals surface area (Å²) in [5.74, 6) is -3.95. The number of urea groups is 1. The molecule has 0 fully saturated rings. The topological polar surface area (TPSA) is 118 Å². The summed E-state index contributed by atoms with van der Waals surface area (Å²) in [7, 11) is 0. The van der Waals surface area contributed by atoms with Crippen LogP contribution in [0.1, 0.15) is 21.9 Å². The van der Waals surface area contributed by atoms with Crippen molar-refractivity contribution in [3.63, 3.8) is 0 Å².